The van der Waals surface area contributed by atoms with Crippen LogP contribution in [0.2, 0.25) is 0 Å². The van der Waals surface area contributed by atoms with Gasteiger partial charge in [-0.05, 0) is 18.6 Å². The molecule has 0 amide bonds. The summed E-state index contributed by atoms with van der Waals surface area (Å²) in [6.07, 6.45) is -0.118. The first-order valence-corrected chi connectivity index (χ1v) is 7.46. The SMILES string of the molecule is NCC#Cc1ccccc1S(=O)(=O)N1CCC(O)C1. The average molecular weight is 280 g/mol. The van der Waals surface area contributed by atoms with E-state index in [1.165, 1.54) is 10.4 Å². The van der Waals surface area contributed by atoms with Crippen molar-refractivity contribution >= 4 is 10.0 Å². The molecule has 1 atom stereocenters. The van der Waals surface area contributed by atoms with Gasteiger partial charge in [0.2, 0.25) is 10.0 Å². The predicted octanol–water partition coefficient (Wildman–Crippen LogP) is -0.248. The smallest absolute Gasteiger partial charge is 0.244 e. The van der Waals surface area contributed by atoms with Gasteiger partial charge in [0.1, 0.15) is 0 Å². The maximum atomic E-state index is 12.5. The number of aliphatic hydroxyl groups is 1. The molecular weight excluding hydrogens is 264 g/mol. The summed E-state index contributed by atoms with van der Waals surface area (Å²) < 4.78 is 26.3. The zero-order valence-electron chi connectivity index (χ0n) is 10.4. The van der Waals surface area contributed by atoms with Gasteiger partial charge in [0.25, 0.3) is 0 Å². The van der Waals surface area contributed by atoms with Crippen LogP contribution < -0.4 is 5.73 Å². The molecule has 1 aliphatic rings. The van der Waals surface area contributed by atoms with Crippen LogP contribution >= 0.6 is 0 Å². The van der Waals surface area contributed by atoms with Gasteiger partial charge in [-0.25, -0.2) is 8.42 Å². The highest BCUT2D eigenvalue weighted by Gasteiger charge is 2.32. The van der Waals surface area contributed by atoms with Crippen LogP contribution in [0.5, 0.6) is 0 Å². The standard InChI is InChI=1S/C13H16N2O3S/c14-8-3-5-11-4-1-2-6-13(11)19(17,18)15-9-7-12(16)10-15/h1-2,4,6,12,16H,7-10,14H2. The Morgan fingerprint density at radius 1 is 1.42 bits per heavy atom. The number of sulfonamides is 1. The molecule has 0 radical (unpaired) electrons. The van der Waals surface area contributed by atoms with Gasteiger partial charge in [-0.1, -0.05) is 24.0 Å². The van der Waals surface area contributed by atoms with Crippen LogP contribution in [0, 0.1) is 11.8 Å². The summed E-state index contributed by atoms with van der Waals surface area (Å²) in [4.78, 5) is 0.171. The van der Waals surface area contributed by atoms with Crippen molar-refractivity contribution in [2.45, 2.75) is 17.4 Å². The van der Waals surface area contributed by atoms with Crippen molar-refractivity contribution in [3.8, 4) is 11.8 Å². The Morgan fingerprint density at radius 2 is 2.16 bits per heavy atom. The van der Waals surface area contributed by atoms with Crippen LogP contribution in [0.4, 0.5) is 0 Å². The van der Waals surface area contributed by atoms with E-state index in [-0.39, 0.29) is 18.0 Å². The van der Waals surface area contributed by atoms with Gasteiger partial charge in [0.05, 0.1) is 17.5 Å². The van der Waals surface area contributed by atoms with Crippen molar-refractivity contribution in [3.63, 3.8) is 0 Å². The summed E-state index contributed by atoms with van der Waals surface area (Å²) in [5, 5.41) is 9.47. The summed E-state index contributed by atoms with van der Waals surface area (Å²) in [7, 11) is -3.60. The second kappa shape index (κ2) is 5.72. The molecule has 1 heterocycles. The van der Waals surface area contributed by atoms with Crippen LogP contribution in [-0.2, 0) is 10.0 Å². The molecule has 0 aromatic heterocycles. The third-order valence-electron chi connectivity index (χ3n) is 2.96. The van der Waals surface area contributed by atoms with Crippen molar-refractivity contribution in [3.05, 3.63) is 29.8 Å². The fourth-order valence-corrected chi connectivity index (χ4v) is 3.65. The number of nitrogens with zero attached hydrogens (tertiary/aromatic N) is 1. The molecule has 0 saturated carbocycles. The van der Waals surface area contributed by atoms with Crippen molar-refractivity contribution in [1.29, 1.82) is 0 Å². The first kappa shape index (κ1) is 14.0. The molecule has 1 aromatic carbocycles. The van der Waals surface area contributed by atoms with Gasteiger partial charge >= 0.3 is 0 Å². The summed E-state index contributed by atoms with van der Waals surface area (Å²) >= 11 is 0. The molecule has 1 aliphatic heterocycles. The maximum Gasteiger partial charge on any atom is 0.244 e. The number of hydrogen-bond donors (Lipinski definition) is 2. The number of nitrogens with two attached hydrogens (primary N) is 1. The topological polar surface area (TPSA) is 83.6 Å². The molecule has 19 heavy (non-hydrogen) atoms. The monoisotopic (exact) mass is 280 g/mol. The average Bonchev–Trinajstić information content (AvgIpc) is 2.84. The zero-order valence-corrected chi connectivity index (χ0v) is 11.2. The predicted molar refractivity (Wildman–Crippen MR) is 71.8 cm³/mol. The van der Waals surface area contributed by atoms with E-state index in [2.05, 4.69) is 11.8 Å². The normalized spacial score (nSPS) is 20.0. The Balaban J connectivity index is 2.41. The Hall–Kier alpha value is -1.39. The number of β-amino-alcohol motifs (C(OH)–C–C–N with tert-alkyl or cyclic N) is 1. The van der Waals surface area contributed by atoms with Crippen molar-refractivity contribution < 1.29 is 13.5 Å². The number of benzene rings is 1. The Kier molecular flexibility index (Phi) is 4.22. The molecule has 1 unspecified atom stereocenters. The Morgan fingerprint density at radius 3 is 2.79 bits per heavy atom. The molecule has 0 bridgehead atoms. The first-order valence-electron chi connectivity index (χ1n) is 6.02. The van der Waals surface area contributed by atoms with E-state index in [0.717, 1.165) is 0 Å². The highest BCUT2D eigenvalue weighted by molar-refractivity contribution is 7.89. The van der Waals surface area contributed by atoms with Gasteiger partial charge in [-0.15, -0.1) is 0 Å². The zero-order chi connectivity index (χ0) is 13.9. The second-order valence-electron chi connectivity index (χ2n) is 4.31. The fourth-order valence-electron chi connectivity index (χ4n) is 2.01. The number of aliphatic hydroxyl groups excluding tert-OH is 1. The summed E-state index contributed by atoms with van der Waals surface area (Å²) in [5.74, 6) is 5.43. The molecule has 1 fully saturated rings. The van der Waals surface area contributed by atoms with E-state index < -0.39 is 16.1 Å². The van der Waals surface area contributed by atoms with Gasteiger partial charge in [0, 0.05) is 18.7 Å². The lowest BCUT2D eigenvalue weighted by molar-refractivity contribution is 0.189. The minimum atomic E-state index is -3.60. The molecule has 6 heteroatoms. The van der Waals surface area contributed by atoms with Crippen molar-refractivity contribution in [2.75, 3.05) is 19.6 Å². The molecule has 0 aliphatic carbocycles. The van der Waals surface area contributed by atoms with E-state index in [1.54, 1.807) is 18.2 Å². The highest BCUT2D eigenvalue weighted by atomic mass is 32.2. The van der Waals surface area contributed by atoms with Gasteiger partial charge in [0.15, 0.2) is 0 Å². The summed E-state index contributed by atoms with van der Waals surface area (Å²) in [6, 6.07) is 6.58. The minimum absolute atomic E-state index is 0.140. The van der Waals surface area contributed by atoms with E-state index >= 15 is 0 Å². The third-order valence-corrected chi connectivity index (χ3v) is 4.88. The summed E-state index contributed by atoms with van der Waals surface area (Å²) in [6.45, 7) is 0.653. The Bertz CT molecular complexity index is 616. The van der Waals surface area contributed by atoms with Crippen molar-refractivity contribution in [2.24, 2.45) is 5.73 Å². The summed E-state index contributed by atoms with van der Waals surface area (Å²) in [5.41, 5.74) is 5.75. The van der Waals surface area contributed by atoms with Crippen LogP contribution in [0.3, 0.4) is 0 Å². The van der Waals surface area contributed by atoms with Gasteiger partial charge < -0.3 is 10.8 Å². The minimum Gasteiger partial charge on any atom is -0.392 e. The fraction of sp³-hybridized carbons (Fsp3) is 0.385. The molecule has 3 N–H and O–H groups in total. The van der Waals surface area contributed by atoms with E-state index in [1.807, 2.05) is 0 Å². The second-order valence-corrected chi connectivity index (χ2v) is 6.21. The van der Waals surface area contributed by atoms with E-state index in [9.17, 15) is 13.5 Å². The lowest BCUT2D eigenvalue weighted by Crippen LogP contribution is -2.30. The molecule has 1 aromatic rings. The van der Waals surface area contributed by atoms with Crippen LogP contribution in [0.15, 0.2) is 29.2 Å². The van der Waals surface area contributed by atoms with Crippen LogP contribution in [0.1, 0.15) is 12.0 Å². The first-order chi connectivity index (χ1) is 9.05. The number of rotatable bonds is 2. The quantitative estimate of drug-likeness (QED) is 0.732. The van der Waals surface area contributed by atoms with Gasteiger partial charge in [-0.3, -0.25) is 0 Å². The maximum absolute atomic E-state index is 12.5. The lowest BCUT2D eigenvalue weighted by atomic mass is 10.2. The molecule has 0 spiro atoms. The van der Waals surface area contributed by atoms with E-state index in [0.29, 0.717) is 18.5 Å². The van der Waals surface area contributed by atoms with Crippen LogP contribution in [-0.4, -0.2) is 43.6 Å². The Labute approximate surface area is 113 Å². The third kappa shape index (κ3) is 2.96. The molecular formula is C13H16N2O3S. The van der Waals surface area contributed by atoms with Crippen molar-refractivity contribution in [1.82, 2.24) is 4.31 Å². The van der Waals surface area contributed by atoms with Crippen LogP contribution in [0.25, 0.3) is 0 Å². The van der Waals surface area contributed by atoms with Gasteiger partial charge in [-0.2, -0.15) is 4.31 Å². The molecule has 102 valence electrons. The molecule has 1 saturated heterocycles. The molecule has 2 rings (SSSR count). The highest BCUT2D eigenvalue weighted by Crippen LogP contribution is 2.23. The largest absolute Gasteiger partial charge is 0.392 e. The molecule has 5 nitrogen and oxygen atoms in total. The van der Waals surface area contributed by atoms with E-state index in [4.69, 9.17) is 5.73 Å². The number of hydrogen-bond acceptors (Lipinski definition) is 4. The lowest BCUT2D eigenvalue weighted by Gasteiger charge is -2.16.